The molecule has 1 aromatic heterocycles. The van der Waals surface area contributed by atoms with Crippen molar-refractivity contribution in [2.45, 2.75) is 6.18 Å². The van der Waals surface area contributed by atoms with Gasteiger partial charge in [0.2, 0.25) is 0 Å². The minimum atomic E-state index is -4.63. The Bertz CT molecular complexity index is 921. The van der Waals surface area contributed by atoms with Crippen molar-refractivity contribution in [3.63, 3.8) is 0 Å². The van der Waals surface area contributed by atoms with E-state index in [4.69, 9.17) is 5.73 Å². The average molecular weight is 348 g/mol. The molecule has 0 aliphatic rings. The van der Waals surface area contributed by atoms with Crippen LogP contribution in [0.25, 0.3) is 22.3 Å². The van der Waals surface area contributed by atoms with Crippen LogP contribution in [0.1, 0.15) is 5.56 Å². The average Bonchev–Trinajstić information content (AvgIpc) is 2.55. The highest BCUT2D eigenvalue weighted by Crippen LogP contribution is 2.37. The Hall–Kier alpha value is -3.09. The quantitative estimate of drug-likeness (QED) is 0.650. The van der Waals surface area contributed by atoms with Crippen molar-refractivity contribution in [1.82, 2.24) is 4.98 Å². The molecule has 0 fully saturated rings. The first-order valence-electron chi connectivity index (χ1n) is 7.17. The van der Waals surface area contributed by atoms with Crippen LogP contribution in [-0.4, -0.2) is 10.1 Å². The fraction of sp³-hybridized carbons (Fsp3) is 0.0556. The van der Waals surface area contributed by atoms with E-state index in [2.05, 4.69) is 4.98 Å². The summed E-state index contributed by atoms with van der Waals surface area (Å²) in [5.74, 6) is -0.966. The summed E-state index contributed by atoms with van der Waals surface area (Å²) >= 11 is 0. The van der Waals surface area contributed by atoms with Crippen molar-refractivity contribution in [1.29, 1.82) is 0 Å². The molecule has 0 radical (unpaired) electrons. The monoisotopic (exact) mass is 348 g/mol. The predicted octanol–water partition coefficient (Wildman–Crippen LogP) is 4.86. The SMILES string of the molecule is Nc1c(-c2ccc(O)cc2)cncc1-c1ccc(C(F)(F)F)cc1F. The highest BCUT2D eigenvalue weighted by molar-refractivity contribution is 5.88. The number of nitrogens with two attached hydrogens (primary N) is 1. The molecule has 3 aromatic rings. The summed E-state index contributed by atoms with van der Waals surface area (Å²) in [6, 6.07) is 8.39. The number of aromatic nitrogens is 1. The molecule has 0 spiro atoms. The van der Waals surface area contributed by atoms with E-state index in [1.165, 1.54) is 24.5 Å². The van der Waals surface area contributed by atoms with E-state index in [1.54, 1.807) is 12.1 Å². The van der Waals surface area contributed by atoms with Crippen molar-refractivity contribution < 1.29 is 22.7 Å². The summed E-state index contributed by atoms with van der Waals surface area (Å²) in [5.41, 5.74) is 6.43. The van der Waals surface area contributed by atoms with Crippen molar-refractivity contribution in [2.24, 2.45) is 0 Å². The van der Waals surface area contributed by atoms with Gasteiger partial charge in [0.05, 0.1) is 11.3 Å². The molecule has 0 atom stereocenters. The molecule has 0 aliphatic heterocycles. The Morgan fingerprint density at radius 3 is 2.12 bits per heavy atom. The van der Waals surface area contributed by atoms with Crippen LogP contribution in [0, 0.1) is 5.82 Å². The van der Waals surface area contributed by atoms with Crippen LogP contribution in [-0.2, 0) is 6.18 Å². The number of halogens is 4. The number of phenols is 1. The Kier molecular flexibility index (Phi) is 4.08. The number of nitrogens with zero attached hydrogens (tertiary/aromatic N) is 1. The molecule has 0 bridgehead atoms. The van der Waals surface area contributed by atoms with Crippen LogP contribution in [0.4, 0.5) is 23.2 Å². The first-order chi connectivity index (χ1) is 11.8. The molecule has 0 aliphatic carbocycles. The second-order valence-electron chi connectivity index (χ2n) is 5.39. The number of benzene rings is 2. The zero-order valence-electron chi connectivity index (χ0n) is 12.7. The van der Waals surface area contributed by atoms with Gasteiger partial charge in [-0.25, -0.2) is 4.39 Å². The number of aromatic hydroxyl groups is 1. The number of nitrogen functional groups attached to an aromatic ring is 1. The minimum absolute atomic E-state index is 0.0696. The zero-order valence-corrected chi connectivity index (χ0v) is 12.7. The van der Waals surface area contributed by atoms with Gasteiger partial charge < -0.3 is 10.8 Å². The van der Waals surface area contributed by atoms with Crippen LogP contribution in [0.5, 0.6) is 5.75 Å². The van der Waals surface area contributed by atoms with E-state index < -0.39 is 17.6 Å². The number of alkyl halides is 3. The molecule has 3 N–H and O–H groups in total. The Morgan fingerprint density at radius 1 is 0.880 bits per heavy atom. The maximum Gasteiger partial charge on any atom is 0.416 e. The van der Waals surface area contributed by atoms with E-state index in [1.807, 2.05) is 0 Å². The Balaban J connectivity index is 2.10. The maximum atomic E-state index is 14.2. The van der Waals surface area contributed by atoms with Crippen LogP contribution in [0.3, 0.4) is 0 Å². The topological polar surface area (TPSA) is 59.1 Å². The molecule has 1 heterocycles. The lowest BCUT2D eigenvalue weighted by Gasteiger charge is -2.13. The van der Waals surface area contributed by atoms with Crippen LogP contribution in [0.15, 0.2) is 54.9 Å². The van der Waals surface area contributed by atoms with E-state index in [9.17, 15) is 22.7 Å². The molecule has 0 unspecified atom stereocenters. The standard InChI is InChI=1S/C18H12F4N2O/c19-16-7-11(18(20,21)22)3-6-13(16)15-9-24-8-14(17(15)23)10-1-4-12(25)5-2-10/h1-9,25H,(H2,23,24). The fourth-order valence-corrected chi connectivity index (χ4v) is 2.47. The van der Waals surface area contributed by atoms with Gasteiger partial charge in [-0.05, 0) is 29.8 Å². The molecule has 0 saturated heterocycles. The molecular formula is C18H12F4N2O. The smallest absolute Gasteiger partial charge is 0.416 e. The van der Waals surface area contributed by atoms with Crippen molar-refractivity contribution in [3.05, 3.63) is 66.2 Å². The van der Waals surface area contributed by atoms with Gasteiger partial charge in [-0.1, -0.05) is 18.2 Å². The molecule has 3 nitrogen and oxygen atoms in total. The van der Waals surface area contributed by atoms with E-state index in [-0.39, 0.29) is 22.6 Å². The number of pyridine rings is 1. The summed E-state index contributed by atoms with van der Waals surface area (Å²) < 4.78 is 52.2. The number of phenolic OH excluding ortho intramolecular Hbond substituents is 1. The Morgan fingerprint density at radius 2 is 1.52 bits per heavy atom. The number of hydrogen-bond acceptors (Lipinski definition) is 3. The molecule has 128 valence electrons. The van der Waals surface area contributed by atoms with Gasteiger partial charge in [0, 0.05) is 29.1 Å². The Labute approximate surface area is 140 Å². The van der Waals surface area contributed by atoms with E-state index in [0.717, 1.165) is 12.1 Å². The van der Waals surface area contributed by atoms with Gasteiger partial charge in [-0.15, -0.1) is 0 Å². The predicted molar refractivity (Wildman–Crippen MR) is 86.1 cm³/mol. The van der Waals surface area contributed by atoms with Gasteiger partial charge in [0.15, 0.2) is 0 Å². The molecule has 0 amide bonds. The molecule has 2 aromatic carbocycles. The highest BCUT2D eigenvalue weighted by Gasteiger charge is 2.31. The summed E-state index contributed by atoms with van der Waals surface area (Å²) in [7, 11) is 0. The van der Waals surface area contributed by atoms with Crippen molar-refractivity contribution in [2.75, 3.05) is 5.73 Å². The van der Waals surface area contributed by atoms with E-state index in [0.29, 0.717) is 17.2 Å². The van der Waals surface area contributed by atoms with Crippen LogP contribution < -0.4 is 5.73 Å². The lowest BCUT2D eigenvalue weighted by Crippen LogP contribution is -2.06. The molecule has 7 heteroatoms. The van der Waals surface area contributed by atoms with Gasteiger partial charge >= 0.3 is 6.18 Å². The summed E-state index contributed by atoms with van der Waals surface area (Å²) in [6.45, 7) is 0. The van der Waals surface area contributed by atoms with Gasteiger partial charge in [-0.2, -0.15) is 13.2 Å². The zero-order chi connectivity index (χ0) is 18.2. The summed E-state index contributed by atoms with van der Waals surface area (Å²) in [5, 5.41) is 9.35. The van der Waals surface area contributed by atoms with Crippen LogP contribution >= 0.6 is 0 Å². The molecule has 0 saturated carbocycles. The van der Waals surface area contributed by atoms with E-state index >= 15 is 0 Å². The summed E-state index contributed by atoms with van der Waals surface area (Å²) in [6.07, 6.45) is -1.87. The first kappa shape index (κ1) is 16.8. The largest absolute Gasteiger partial charge is 0.508 e. The first-order valence-corrected chi connectivity index (χ1v) is 7.17. The van der Waals surface area contributed by atoms with Crippen molar-refractivity contribution in [3.8, 4) is 28.0 Å². The number of hydrogen-bond donors (Lipinski definition) is 2. The van der Waals surface area contributed by atoms with Gasteiger partial charge in [0.25, 0.3) is 0 Å². The lowest BCUT2D eigenvalue weighted by atomic mass is 9.98. The third-order valence-electron chi connectivity index (χ3n) is 3.75. The minimum Gasteiger partial charge on any atom is -0.508 e. The molecular weight excluding hydrogens is 336 g/mol. The highest BCUT2D eigenvalue weighted by atomic mass is 19.4. The van der Waals surface area contributed by atoms with Gasteiger partial charge in [-0.3, -0.25) is 4.98 Å². The third-order valence-corrected chi connectivity index (χ3v) is 3.75. The second-order valence-corrected chi connectivity index (χ2v) is 5.39. The molecule has 25 heavy (non-hydrogen) atoms. The number of anilines is 1. The van der Waals surface area contributed by atoms with Crippen molar-refractivity contribution >= 4 is 5.69 Å². The second kappa shape index (κ2) is 6.08. The normalized spacial score (nSPS) is 11.5. The maximum absolute atomic E-state index is 14.2. The third kappa shape index (κ3) is 3.26. The lowest BCUT2D eigenvalue weighted by molar-refractivity contribution is -0.137. The van der Waals surface area contributed by atoms with Crippen LogP contribution in [0.2, 0.25) is 0 Å². The molecule has 3 rings (SSSR count). The summed E-state index contributed by atoms with van der Waals surface area (Å²) in [4.78, 5) is 4.00. The fourth-order valence-electron chi connectivity index (χ4n) is 2.47. The van der Waals surface area contributed by atoms with Gasteiger partial charge in [0.1, 0.15) is 11.6 Å². The number of rotatable bonds is 2.